The molecule has 0 bridgehead atoms. The summed E-state index contributed by atoms with van der Waals surface area (Å²) < 4.78 is 0. The first-order valence-electron chi connectivity index (χ1n) is 6.61. The van der Waals surface area contributed by atoms with Crippen LogP contribution < -0.4 is 10.6 Å². The van der Waals surface area contributed by atoms with Crippen LogP contribution in [0.3, 0.4) is 0 Å². The normalized spacial score (nSPS) is 23.9. The fourth-order valence-electron chi connectivity index (χ4n) is 2.77. The number of hydrogen-bond acceptors (Lipinski definition) is 5. The van der Waals surface area contributed by atoms with Crippen molar-refractivity contribution in [3.63, 3.8) is 0 Å². The Balaban J connectivity index is 2.12. The van der Waals surface area contributed by atoms with Crippen LogP contribution in [0.5, 0.6) is 0 Å². The van der Waals surface area contributed by atoms with Crippen molar-refractivity contribution in [2.75, 3.05) is 37.8 Å². The van der Waals surface area contributed by atoms with Crippen molar-refractivity contribution in [3.8, 4) is 0 Å². The van der Waals surface area contributed by atoms with Crippen molar-refractivity contribution < 1.29 is 0 Å². The minimum atomic E-state index is 0.542. The molecule has 0 spiro atoms. The maximum Gasteiger partial charge on any atom is 0.227 e. The third-order valence-electron chi connectivity index (χ3n) is 3.68. The van der Waals surface area contributed by atoms with Gasteiger partial charge in [-0.1, -0.05) is 13.3 Å². The summed E-state index contributed by atoms with van der Waals surface area (Å²) in [6, 6.07) is 2.31. The van der Waals surface area contributed by atoms with E-state index in [4.69, 9.17) is 5.73 Å². The highest BCUT2D eigenvalue weighted by atomic mass is 15.3. The number of rotatable bonds is 4. The van der Waals surface area contributed by atoms with Gasteiger partial charge in [-0.2, -0.15) is 4.98 Å². The van der Waals surface area contributed by atoms with Gasteiger partial charge in [0.25, 0.3) is 0 Å². The van der Waals surface area contributed by atoms with Gasteiger partial charge >= 0.3 is 0 Å². The molecular weight excluding hydrogens is 226 g/mol. The van der Waals surface area contributed by atoms with Crippen molar-refractivity contribution in [2.45, 2.75) is 25.8 Å². The van der Waals surface area contributed by atoms with Crippen LogP contribution >= 0.6 is 0 Å². The van der Waals surface area contributed by atoms with Gasteiger partial charge in [0.05, 0.1) is 0 Å². The molecule has 18 heavy (non-hydrogen) atoms. The Morgan fingerprint density at radius 1 is 1.44 bits per heavy atom. The number of nitrogen functional groups attached to an aromatic ring is 1. The predicted molar refractivity (Wildman–Crippen MR) is 74.5 cm³/mol. The van der Waals surface area contributed by atoms with E-state index in [0.29, 0.717) is 17.8 Å². The van der Waals surface area contributed by atoms with E-state index in [0.717, 1.165) is 19.0 Å². The molecule has 0 saturated carbocycles. The number of anilines is 2. The molecule has 5 nitrogen and oxygen atoms in total. The Morgan fingerprint density at radius 2 is 2.22 bits per heavy atom. The number of hydrogen-bond donors (Lipinski definition) is 1. The van der Waals surface area contributed by atoms with E-state index >= 15 is 0 Å². The van der Waals surface area contributed by atoms with E-state index in [2.05, 4.69) is 40.8 Å². The molecule has 1 saturated heterocycles. The molecule has 2 rings (SSSR count). The van der Waals surface area contributed by atoms with Gasteiger partial charge in [-0.15, -0.1) is 0 Å². The van der Waals surface area contributed by atoms with Crippen LogP contribution in [0.1, 0.15) is 19.8 Å². The lowest BCUT2D eigenvalue weighted by Gasteiger charge is -2.24. The fourth-order valence-corrected chi connectivity index (χ4v) is 2.77. The average molecular weight is 249 g/mol. The molecular formula is C13H23N5. The SMILES string of the molecule is CCC[C@@H]1CN(c2nccc(N)n2)C[C@H]1N(C)C. The number of likely N-dealkylation sites (N-methyl/N-ethyl adjacent to an activating group) is 1. The van der Waals surface area contributed by atoms with Crippen LogP contribution in [-0.2, 0) is 0 Å². The summed E-state index contributed by atoms with van der Waals surface area (Å²) in [6.07, 6.45) is 4.21. The maximum atomic E-state index is 5.73. The summed E-state index contributed by atoms with van der Waals surface area (Å²) in [5, 5.41) is 0. The smallest absolute Gasteiger partial charge is 0.227 e. The zero-order valence-electron chi connectivity index (χ0n) is 11.5. The van der Waals surface area contributed by atoms with Gasteiger partial charge in [-0.3, -0.25) is 0 Å². The predicted octanol–water partition coefficient (Wildman–Crippen LogP) is 1.23. The number of nitrogens with two attached hydrogens (primary N) is 1. The highest BCUT2D eigenvalue weighted by Crippen LogP contribution is 2.27. The minimum absolute atomic E-state index is 0.542. The molecule has 1 aromatic rings. The average Bonchev–Trinajstić information content (AvgIpc) is 2.74. The summed E-state index contributed by atoms with van der Waals surface area (Å²) in [7, 11) is 4.30. The molecule has 0 aliphatic carbocycles. The van der Waals surface area contributed by atoms with Crippen molar-refractivity contribution >= 4 is 11.8 Å². The van der Waals surface area contributed by atoms with Crippen LogP contribution in [0.4, 0.5) is 11.8 Å². The molecule has 1 aliphatic heterocycles. The van der Waals surface area contributed by atoms with E-state index in [1.54, 1.807) is 12.3 Å². The molecule has 0 amide bonds. The van der Waals surface area contributed by atoms with E-state index < -0.39 is 0 Å². The molecule has 0 unspecified atom stereocenters. The molecule has 100 valence electrons. The van der Waals surface area contributed by atoms with E-state index in [9.17, 15) is 0 Å². The molecule has 0 radical (unpaired) electrons. The van der Waals surface area contributed by atoms with E-state index in [-0.39, 0.29) is 0 Å². The first kappa shape index (κ1) is 13.1. The highest BCUT2D eigenvalue weighted by molar-refractivity contribution is 5.39. The van der Waals surface area contributed by atoms with Gasteiger partial charge in [0.2, 0.25) is 5.95 Å². The van der Waals surface area contributed by atoms with Gasteiger partial charge < -0.3 is 15.5 Å². The molecule has 2 heterocycles. The zero-order valence-corrected chi connectivity index (χ0v) is 11.5. The van der Waals surface area contributed by atoms with Crippen LogP contribution in [0.15, 0.2) is 12.3 Å². The van der Waals surface area contributed by atoms with E-state index in [1.807, 2.05) is 0 Å². The third kappa shape index (κ3) is 2.72. The van der Waals surface area contributed by atoms with Gasteiger partial charge in [-0.25, -0.2) is 4.98 Å². The molecule has 5 heteroatoms. The Morgan fingerprint density at radius 3 is 2.83 bits per heavy atom. The van der Waals surface area contributed by atoms with Crippen LogP contribution in [0.25, 0.3) is 0 Å². The van der Waals surface area contributed by atoms with Crippen LogP contribution in [-0.4, -0.2) is 48.1 Å². The quantitative estimate of drug-likeness (QED) is 0.869. The minimum Gasteiger partial charge on any atom is -0.384 e. The second-order valence-corrected chi connectivity index (χ2v) is 5.27. The van der Waals surface area contributed by atoms with Crippen molar-refractivity contribution in [2.24, 2.45) is 5.92 Å². The van der Waals surface area contributed by atoms with Crippen LogP contribution in [0, 0.1) is 5.92 Å². The number of nitrogens with zero attached hydrogens (tertiary/aromatic N) is 4. The Labute approximate surface area is 109 Å². The second-order valence-electron chi connectivity index (χ2n) is 5.27. The maximum absolute atomic E-state index is 5.73. The van der Waals surface area contributed by atoms with Crippen LogP contribution in [0.2, 0.25) is 0 Å². The largest absolute Gasteiger partial charge is 0.384 e. The molecule has 0 aromatic carbocycles. The van der Waals surface area contributed by atoms with Gasteiger partial charge in [0, 0.05) is 25.3 Å². The van der Waals surface area contributed by atoms with Gasteiger partial charge in [0.15, 0.2) is 0 Å². The summed E-state index contributed by atoms with van der Waals surface area (Å²) in [5.74, 6) is 2.00. The standard InChI is InChI=1S/C13H23N5/c1-4-5-10-8-18(9-11(10)17(2)3)13-15-7-6-12(14)16-13/h6-7,10-11H,4-5,8-9H2,1-3H3,(H2,14,15,16)/t10-,11-/m1/s1. The Bertz CT molecular complexity index is 393. The zero-order chi connectivity index (χ0) is 13.1. The lowest BCUT2D eigenvalue weighted by Crippen LogP contribution is -2.35. The van der Waals surface area contributed by atoms with Gasteiger partial charge in [0.1, 0.15) is 5.82 Å². The molecule has 1 fully saturated rings. The number of aromatic nitrogens is 2. The topological polar surface area (TPSA) is 58.3 Å². The lowest BCUT2D eigenvalue weighted by molar-refractivity contribution is 0.246. The molecule has 2 atom stereocenters. The first-order valence-corrected chi connectivity index (χ1v) is 6.61. The monoisotopic (exact) mass is 249 g/mol. The summed E-state index contributed by atoms with van der Waals surface area (Å²) in [4.78, 5) is 13.2. The molecule has 2 N–H and O–H groups in total. The van der Waals surface area contributed by atoms with E-state index in [1.165, 1.54) is 12.8 Å². The molecule has 1 aromatic heterocycles. The lowest BCUT2D eigenvalue weighted by atomic mass is 9.98. The summed E-state index contributed by atoms with van der Waals surface area (Å²) in [6.45, 7) is 4.26. The second kappa shape index (κ2) is 5.52. The van der Waals surface area contributed by atoms with Crippen molar-refractivity contribution in [1.82, 2.24) is 14.9 Å². The third-order valence-corrected chi connectivity index (χ3v) is 3.68. The molecule has 1 aliphatic rings. The first-order chi connectivity index (χ1) is 8.61. The summed E-state index contributed by atoms with van der Waals surface area (Å²) >= 11 is 0. The van der Waals surface area contributed by atoms with Crippen molar-refractivity contribution in [1.29, 1.82) is 0 Å². The summed E-state index contributed by atoms with van der Waals surface area (Å²) in [5.41, 5.74) is 5.73. The Kier molecular flexibility index (Phi) is 4.01. The van der Waals surface area contributed by atoms with Crippen molar-refractivity contribution in [3.05, 3.63) is 12.3 Å². The Hall–Kier alpha value is -1.36. The van der Waals surface area contributed by atoms with Gasteiger partial charge in [-0.05, 0) is 32.5 Å². The fraction of sp³-hybridized carbons (Fsp3) is 0.692. The highest BCUT2D eigenvalue weighted by Gasteiger charge is 2.34.